The Balaban J connectivity index is 1.02. The number of fused-ring (bicyclic) bond motifs is 7. The maximum atomic E-state index is 6.05. The molecule has 10 rings (SSSR count). The number of hydrogen-bond donors (Lipinski definition) is 0. The largest absolute Gasteiger partial charge is 0.456 e. The van der Waals surface area contributed by atoms with Crippen molar-refractivity contribution in [2.45, 2.75) is 0 Å². The molecule has 0 aliphatic carbocycles. The van der Waals surface area contributed by atoms with Crippen molar-refractivity contribution in [3.05, 3.63) is 176 Å². The minimum Gasteiger partial charge on any atom is -0.456 e. The van der Waals surface area contributed by atoms with Crippen molar-refractivity contribution in [1.82, 2.24) is 0 Å². The normalized spacial score (nSPS) is 11.7. The smallest absolute Gasteiger partial charge is 0.135 e. The molecule has 0 saturated carbocycles. The number of benzene rings is 8. The Kier molecular flexibility index (Phi) is 6.39. The molecular weight excluding hydrogens is 615 g/mol. The van der Waals surface area contributed by atoms with E-state index in [0.717, 1.165) is 39.0 Å². The molecule has 0 aliphatic rings. The predicted octanol–water partition coefficient (Wildman–Crippen LogP) is 13.9. The highest BCUT2D eigenvalue weighted by atomic mass is 32.1. The van der Waals surface area contributed by atoms with Crippen LogP contribution in [0.1, 0.15) is 0 Å². The first-order chi connectivity index (χ1) is 24.2. The first-order valence-corrected chi connectivity index (χ1v) is 17.4. The van der Waals surface area contributed by atoms with Gasteiger partial charge >= 0.3 is 0 Å². The van der Waals surface area contributed by atoms with Gasteiger partial charge in [-0.3, -0.25) is 0 Å². The Morgan fingerprint density at radius 3 is 1.76 bits per heavy atom. The van der Waals surface area contributed by atoms with E-state index < -0.39 is 0 Å². The molecule has 0 unspecified atom stereocenters. The molecule has 0 amide bonds. The highest BCUT2D eigenvalue weighted by Gasteiger charge is 2.16. The van der Waals surface area contributed by atoms with Crippen molar-refractivity contribution in [2.24, 2.45) is 0 Å². The second-order valence-electron chi connectivity index (χ2n) is 12.6. The van der Waals surface area contributed by atoms with Crippen LogP contribution in [0.15, 0.2) is 180 Å². The molecule has 2 heterocycles. The van der Waals surface area contributed by atoms with Crippen molar-refractivity contribution in [3.8, 4) is 22.3 Å². The van der Waals surface area contributed by atoms with Gasteiger partial charge in [-0.25, -0.2) is 0 Å². The Hall–Kier alpha value is -6.16. The summed E-state index contributed by atoms with van der Waals surface area (Å²) >= 11 is 1.85. The van der Waals surface area contributed by atoms with Gasteiger partial charge in [0.2, 0.25) is 0 Å². The summed E-state index contributed by atoms with van der Waals surface area (Å²) in [5.41, 5.74) is 9.99. The summed E-state index contributed by atoms with van der Waals surface area (Å²) in [7, 11) is 0. The van der Waals surface area contributed by atoms with Crippen LogP contribution in [0.5, 0.6) is 0 Å². The van der Waals surface area contributed by atoms with Gasteiger partial charge in [-0.15, -0.1) is 11.3 Å². The monoisotopic (exact) mass is 643 g/mol. The molecule has 0 radical (unpaired) electrons. The van der Waals surface area contributed by atoms with E-state index in [1.54, 1.807) is 0 Å². The van der Waals surface area contributed by atoms with Gasteiger partial charge in [-0.2, -0.15) is 0 Å². The van der Waals surface area contributed by atoms with Crippen LogP contribution in [0.3, 0.4) is 0 Å². The van der Waals surface area contributed by atoms with E-state index in [4.69, 9.17) is 4.42 Å². The second-order valence-corrected chi connectivity index (χ2v) is 13.7. The quantitative estimate of drug-likeness (QED) is 0.186. The van der Waals surface area contributed by atoms with E-state index in [0.29, 0.717) is 0 Å². The zero-order valence-electron chi connectivity index (χ0n) is 26.5. The topological polar surface area (TPSA) is 16.4 Å². The summed E-state index contributed by atoms with van der Waals surface area (Å²) in [4.78, 5) is 2.38. The summed E-state index contributed by atoms with van der Waals surface area (Å²) in [6.07, 6.45) is 0. The van der Waals surface area contributed by atoms with Gasteiger partial charge in [-0.1, -0.05) is 109 Å². The van der Waals surface area contributed by atoms with E-state index in [2.05, 4.69) is 169 Å². The van der Waals surface area contributed by atoms with Gasteiger partial charge in [0.15, 0.2) is 0 Å². The van der Waals surface area contributed by atoms with Gasteiger partial charge in [0.05, 0.1) is 0 Å². The van der Waals surface area contributed by atoms with Crippen molar-refractivity contribution < 1.29 is 4.42 Å². The highest BCUT2D eigenvalue weighted by Crippen LogP contribution is 2.42. The van der Waals surface area contributed by atoms with E-state index in [-0.39, 0.29) is 0 Å². The summed E-state index contributed by atoms with van der Waals surface area (Å²) in [6.45, 7) is 0. The molecule has 0 atom stereocenters. The number of para-hydroxylation sites is 1. The number of rotatable bonds is 5. The summed E-state index contributed by atoms with van der Waals surface area (Å²) in [6, 6.07) is 63.4. The lowest BCUT2D eigenvalue weighted by molar-refractivity contribution is 0.669. The molecule has 0 fully saturated rings. The average molecular weight is 644 g/mol. The third-order valence-electron chi connectivity index (χ3n) is 9.66. The van der Waals surface area contributed by atoms with Crippen LogP contribution in [-0.2, 0) is 0 Å². The molecular formula is C46H29NOS. The van der Waals surface area contributed by atoms with Gasteiger partial charge in [0.25, 0.3) is 0 Å². The molecule has 0 saturated heterocycles. The average Bonchev–Trinajstić information content (AvgIpc) is 3.73. The van der Waals surface area contributed by atoms with Crippen LogP contribution < -0.4 is 4.90 Å². The van der Waals surface area contributed by atoms with Gasteiger partial charge in [-0.05, 0) is 99.8 Å². The van der Waals surface area contributed by atoms with Crippen molar-refractivity contribution in [1.29, 1.82) is 0 Å². The van der Waals surface area contributed by atoms with Crippen LogP contribution in [0.2, 0.25) is 0 Å². The maximum Gasteiger partial charge on any atom is 0.135 e. The Bertz CT molecular complexity index is 2820. The molecule has 49 heavy (non-hydrogen) atoms. The zero-order valence-corrected chi connectivity index (χ0v) is 27.3. The SMILES string of the molecule is c1ccc2cc(N(c3ccc(-c4ccc(-c5ccc6oc7ccccc7c6c5)cc4)cc3)c3ccc4sc5ccccc5c4c3)ccc2c1. The Morgan fingerprint density at radius 2 is 0.918 bits per heavy atom. The van der Waals surface area contributed by atoms with Crippen LogP contribution in [-0.4, -0.2) is 0 Å². The number of anilines is 3. The van der Waals surface area contributed by atoms with Crippen molar-refractivity contribution >= 4 is 81.3 Å². The van der Waals surface area contributed by atoms with Gasteiger partial charge < -0.3 is 9.32 Å². The zero-order chi connectivity index (χ0) is 32.3. The lowest BCUT2D eigenvalue weighted by Crippen LogP contribution is -2.09. The van der Waals surface area contributed by atoms with E-state index in [9.17, 15) is 0 Å². The predicted molar refractivity (Wildman–Crippen MR) is 210 cm³/mol. The first kappa shape index (κ1) is 27.9. The fourth-order valence-corrected chi connectivity index (χ4v) is 8.27. The molecule has 0 spiro atoms. The molecule has 0 N–H and O–H groups in total. The number of nitrogens with zero attached hydrogens (tertiary/aromatic N) is 1. The fourth-order valence-electron chi connectivity index (χ4n) is 7.18. The number of furan rings is 1. The van der Waals surface area contributed by atoms with E-state index >= 15 is 0 Å². The maximum absolute atomic E-state index is 6.05. The molecule has 230 valence electrons. The molecule has 3 heteroatoms. The number of hydrogen-bond acceptors (Lipinski definition) is 3. The standard InChI is InChI=1S/C46H29NOS/c1-2-8-34-27-37(23-19-30(34)7-1)47(38-24-26-46-42(29-38)40-10-4-6-12-45(40)49-46)36-21-17-32(18-22-36)31-13-15-33(16-14-31)35-20-25-44-41(28-35)39-9-3-5-11-43(39)48-44/h1-29H. The van der Waals surface area contributed by atoms with Crippen LogP contribution in [0.4, 0.5) is 17.1 Å². The molecule has 2 nitrogen and oxygen atoms in total. The van der Waals surface area contributed by atoms with E-state index in [1.165, 1.54) is 53.2 Å². The van der Waals surface area contributed by atoms with E-state index in [1.807, 2.05) is 23.5 Å². The minimum atomic E-state index is 0.919. The minimum absolute atomic E-state index is 0.919. The molecule has 10 aromatic rings. The Labute approximate surface area is 287 Å². The van der Waals surface area contributed by atoms with Crippen molar-refractivity contribution in [3.63, 3.8) is 0 Å². The lowest BCUT2D eigenvalue weighted by Gasteiger charge is -2.26. The van der Waals surface area contributed by atoms with Gasteiger partial charge in [0.1, 0.15) is 11.2 Å². The highest BCUT2D eigenvalue weighted by molar-refractivity contribution is 7.25. The molecule has 8 aromatic carbocycles. The molecule has 0 aliphatic heterocycles. The third kappa shape index (κ3) is 4.78. The van der Waals surface area contributed by atoms with Crippen molar-refractivity contribution in [2.75, 3.05) is 4.90 Å². The molecule has 0 bridgehead atoms. The molecule has 2 aromatic heterocycles. The summed E-state index contributed by atoms with van der Waals surface area (Å²) < 4.78 is 8.67. The fraction of sp³-hybridized carbons (Fsp3) is 0. The van der Waals surface area contributed by atoms with Crippen LogP contribution in [0, 0.1) is 0 Å². The van der Waals surface area contributed by atoms with Gasteiger partial charge in [0, 0.05) is 48.0 Å². The Morgan fingerprint density at radius 1 is 0.347 bits per heavy atom. The van der Waals surface area contributed by atoms with Crippen LogP contribution in [0.25, 0.3) is 75.1 Å². The summed E-state index contributed by atoms with van der Waals surface area (Å²) in [5.74, 6) is 0. The summed E-state index contributed by atoms with van der Waals surface area (Å²) in [5, 5.41) is 7.36. The lowest BCUT2D eigenvalue weighted by atomic mass is 9.99. The van der Waals surface area contributed by atoms with Crippen LogP contribution >= 0.6 is 11.3 Å². The third-order valence-corrected chi connectivity index (χ3v) is 10.8. The first-order valence-electron chi connectivity index (χ1n) is 16.6. The number of thiophene rings is 1. The second kappa shape index (κ2) is 11.2.